The molecule has 3 fully saturated rings. The molecule has 0 aromatic heterocycles. The highest BCUT2D eigenvalue weighted by Crippen LogP contribution is 2.68. The van der Waals surface area contributed by atoms with Crippen LogP contribution in [0.3, 0.4) is 0 Å². The zero-order chi connectivity index (χ0) is 19.6. The molecule has 0 radical (unpaired) electrons. The number of carboxylic acids is 1. The van der Waals surface area contributed by atoms with Gasteiger partial charge < -0.3 is 10.2 Å². The molecule has 4 aliphatic carbocycles. The Balaban J connectivity index is 1.77. The summed E-state index contributed by atoms with van der Waals surface area (Å²) in [7, 11) is 0. The van der Waals surface area contributed by atoms with Gasteiger partial charge in [-0.3, -0.25) is 4.79 Å². The Labute approximate surface area is 159 Å². The SMILES string of the molecule is C[C@]12CCC(=O)C=C1CC[C@H]1[C@@H]3CC/C(=C(/C#N)C(=O)O)[C@@]3(C)CC[C@@]12O. The van der Waals surface area contributed by atoms with Gasteiger partial charge >= 0.3 is 5.97 Å². The lowest BCUT2D eigenvalue weighted by Crippen LogP contribution is -2.62. The minimum Gasteiger partial charge on any atom is -0.477 e. The van der Waals surface area contributed by atoms with Gasteiger partial charge in [-0.25, -0.2) is 4.79 Å². The second-order valence-electron chi connectivity index (χ2n) is 9.37. The Kier molecular flexibility index (Phi) is 3.95. The Hall–Kier alpha value is -1.93. The number of nitriles is 1. The molecular formula is C22H27NO4. The molecule has 5 atom stereocenters. The summed E-state index contributed by atoms with van der Waals surface area (Å²) in [6.45, 7) is 4.21. The van der Waals surface area contributed by atoms with E-state index in [-0.39, 0.29) is 34.0 Å². The number of carbonyl (C=O) groups is 2. The van der Waals surface area contributed by atoms with Crippen LogP contribution in [0.5, 0.6) is 0 Å². The number of ketones is 1. The average Bonchev–Trinajstić information content (AvgIpc) is 2.94. The maximum atomic E-state index is 11.9. The van der Waals surface area contributed by atoms with Gasteiger partial charge in [0.15, 0.2) is 5.78 Å². The first kappa shape index (κ1) is 18.4. The van der Waals surface area contributed by atoms with E-state index in [0.29, 0.717) is 32.1 Å². The second-order valence-corrected chi connectivity index (χ2v) is 9.37. The molecule has 0 aromatic rings. The maximum Gasteiger partial charge on any atom is 0.346 e. The molecule has 0 unspecified atom stereocenters. The molecule has 4 rings (SSSR count). The van der Waals surface area contributed by atoms with E-state index in [1.165, 1.54) is 0 Å². The van der Waals surface area contributed by atoms with E-state index in [2.05, 4.69) is 13.8 Å². The van der Waals surface area contributed by atoms with Gasteiger partial charge in [-0.15, -0.1) is 0 Å². The highest BCUT2D eigenvalue weighted by Gasteiger charge is 2.65. The molecule has 0 aromatic carbocycles. The van der Waals surface area contributed by atoms with Gasteiger partial charge in [0.2, 0.25) is 0 Å². The van der Waals surface area contributed by atoms with Crippen LogP contribution in [0.4, 0.5) is 0 Å². The predicted octanol–water partition coefficient (Wildman–Crippen LogP) is 3.54. The van der Waals surface area contributed by atoms with E-state index >= 15 is 0 Å². The summed E-state index contributed by atoms with van der Waals surface area (Å²) >= 11 is 0. The van der Waals surface area contributed by atoms with E-state index in [4.69, 9.17) is 0 Å². The van der Waals surface area contributed by atoms with Crippen molar-refractivity contribution in [1.29, 1.82) is 5.26 Å². The molecule has 0 spiro atoms. The third-order valence-electron chi connectivity index (χ3n) is 8.56. The van der Waals surface area contributed by atoms with E-state index < -0.39 is 11.6 Å². The van der Waals surface area contributed by atoms with Crippen molar-refractivity contribution in [2.75, 3.05) is 0 Å². The highest BCUT2D eigenvalue weighted by molar-refractivity contribution is 5.92. The van der Waals surface area contributed by atoms with Gasteiger partial charge in [-0.2, -0.15) is 5.26 Å². The van der Waals surface area contributed by atoms with Gasteiger partial charge in [-0.1, -0.05) is 19.4 Å². The maximum absolute atomic E-state index is 11.9. The number of hydrogen-bond donors (Lipinski definition) is 2. The fourth-order valence-corrected chi connectivity index (χ4v) is 6.97. The van der Waals surface area contributed by atoms with Crippen LogP contribution in [0, 0.1) is 34.0 Å². The lowest BCUT2D eigenvalue weighted by Gasteiger charge is -2.62. The minimum absolute atomic E-state index is 0.0813. The summed E-state index contributed by atoms with van der Waals surface area (Å²) in [5, 5.41) is 30.8. The van der Waals surface area contributed by atoms with E-state index in [0.717, 1.165) is 30.4 Å². The summed E-state index contributed by atoms with van der Waals surface area (Å²) in [6, 6.07) is 1.91. The third kappa shape index (κ3) is 2.26. The molecule has 144 valence electrons. The average molecular weight is 369 g/mol. The summed E-state index contributed by atoms with van der Waals surface area (Å²) in [6.07, 6.45) is 7.33. The Morgan fingerprint density at radius 1 is 1.15 bits per heavy atom. The van der Waals surface area contributed by atoms with Crippen LogP contribution in [-0.4, -0.2) is 27.6 Å². The summed E-state index contributed by atoms with van der Waals surface area (Å²) < 4.78 is 0. The lowest BCUT2D eigenvalue weighted by atomic mass is 9.45. The molecular weight excluding hydrogens is 342 g/mol. The summed E-state index contributed by atoms with van der Waals surface area (Å²) in [5.41, 5.74) is 0.211. The van der Waals surface area contributed by atoms with Crippen LogP contribution >= 0.6 is 0 Å². The molecule has 0 heterocycles. The predicted molar refractivity (Wildman–Crippen MR) is 98.4 cm³/mol. The normalized spacial score (nSPS) is 45.1. The van der Waals surface area contributed by atoms with Crippen molar-refractivity contribution in [2.45, 2.75) is 70.8 Å². The Morgan fingerprint density at radius 3 is 2.52 bits per heavy atom. The third-order valence-corrected chi connectivity index (χ3v) is 8.56. The molecule has 0 saturated heterocycles. The molecule has 27 heavy (non-hydrogen) atoms. The Morgan fingerprint density at radius 2 is 1.85 bits per heavy atom. The number of aliphatic carboxylic acids is 1. The number of rotatable bonds is 1. The number of carboxylic acid groups (broad SMARTS) is 1. The molecule has 0 aliphatic heterocycles. The van der Waals surface area contributed by atoms with Crippen LogP contribution in [0.2, 0.25) is 0 Å². The first-order chi connectivity index (χ1) is 12.7. The molecule has 5 nitrogen and oxygen atoms in total. The fraction of sp³-hybridized carbons (Fsp3) is 0.682. The van der Waals surface area contributed by atoms with Gasteiger partial charge in [0, 0.05) is 11.8 Å². The molecule has 0 bridgehead atoms. The first-order valence-corrected chi connectivity index (χ1v) is 10.0. The zero-order valence-electron chi connectivity index (χ0n) is 16.0. The second kappa shape index (κ2) is 5.78. The molecule has 2 N–H and O–H groups in total. The van der Waals surface area contributed by atoms with Crippen molar-refractivity contribution < 1.29 is 19.8 Å². The molecule has 5 heteroatoms. The van der Waals surface area contributed by atoms with Crippen molar-refractivity contribution >= 4 is 11.8 Å². The van der Waals surface area contributed by atoms with Gasteiger partial charge in [-0.05, 0) is 73.8 Å². The number of fused-ring (bicyclic) bond motifs is 5. The largest absolute Gasteiger partial charge is 0.477 e. The quantitative estimate of drug-likeness (QED) is 0.544. The van der Waals surface area contributed by atoms with Crippen LogP contribution in [-0.2, 0) is 9.59 Å². The number of hydrogen-bond acceptors (Lipinski definition) is 4. The van der Waals surface area contributed by atoms with Crippen molar-refractivity contribution in [3.05, 3.63) is 22.8 Å². The van der Waals surface area contributed by atoms with E-state index in [1.54, 1.807) is 6.08 Å². The van der Waals surface area contributed by atoms with Gasteiger partial charge in [0.05, 0.1) is 5.60 Å². The Bertz CT molecular complexity index is 834. The minimum atomic E-state index is -1.14. The molecule has 0 amide bonds. The van der Waals surface area contributed by atoms with Crippen molar-refractivity contribution in [1.82, 2.24) is 0 Å². The van der Waals surface area contributed by atoms with Crippen LogP contribution in [0.15, 0.2) is 22.8 Å². The molecule has 3 saturated carbocycles. The topological polar surface area (TPSA) is 98.4 Å². The standard InChI is InChI=1S/C22H27NO4/c1-20-9-10-22(27)18(4-3-13-11-14(24)7-8-21(13,22)2)17(20)6-5-16(20)15(12-23)19(25)26/h11,17-18,27H,3-10H2,1-2H3,(H,25,26)/b16-15+/t17-,18-,20+,21-,22+/m0/s1. The van der Waals surface area contributed by atoms with Gasteiger partial charge in [0.25, 0.3) is 0 Å². The number of carbonyl (C=O) groups excluding carboxylic acids is 1. The highest BCUT2D eigenvalue weighted by atomic mass is 16.4. The zero-order valence-corrected chi connectivity index (χ0v) is 16.0. The number of aliphatic hydroxyl groups is 1. The van der Waals surface area contributed by atoms with Crippen LogP contribution < -0.4 is 0 Å². The summed E-state index contributed by atoms with van der Waals surface area (Å²) in [4.78, 5) is 23.5. The van der Waals surface area contributed by atoms with Crippen LogP contribution in [0.1, 0.15) is 65.2 Å². The van der Waals surface area contributed by atoms with E-state index in [1.807, 2.05) is 6.07 Å². The van der Waals surface area contributed by atoms with E-state index in [9.17, 15) is 25.1 Å². The number of nitrogens with zero attached hydrogens (tertiary/aromatic N) is 1. The van der Waals surface area contributed by atoms with Crippen molar-refractivity contribution in [3.63, 3.8) is 0 Å². The van der Waals surface area contributed by atoms with Crippen molar-refractivity contribution in [3.8, 4) is 6.07 Å². The first-order valence-electron chi connectivity index (χ1n) is 10.0. The smallest absolute Gasteiger partial charge is 0.346 e. The summed E-state index contributed by atoms with van der Waals surface area (Å²) in [5.74, 6) is -0.707. The lowest BCUT2D eigenvalue weighted by molar-refractivity contribution is -0.183. The fourth-order valence-electron chi connectivity index (χ4n) is 6.97. The molecule has 4 aliphatic rings. The number of allylic oxidation sites excluding steroid dienone is 1. The van der Waals surface area contributed by atoms with Crippen molar-refractivity contribution in [2.24, 2.45) is 22.7 Å². The monoisotopic (exact) mass is 369 g/mol. The van der Waals surface area contributed by atoms with Crippen LogP contribution in [0.25, 0.3) is 0 Å². The van der Waals surface area contributed by atoms with Gasteiger partial charge in [0.1, 0.15) is 11.6 Å².